The Morgan fingerprint density at radius 3 is 1.05 bits per heavy atom. The molecule has 0 spiro atoms. The SMILES string of the molecule is CCCCCCCCCCCCCCCCOCCOCCOC(=O)CCCCCCCCCCCCCCC. The lowest BCUT2D eigenvalue weighted by Crippen LogP contribution is -2.13. The minimum atomic E-state index is -0.0827. The Labute approximate surface area is 251 Å². The van der Waals surface area contributed by atoms with Crippen molar-refractivity contribution in [3.8, 4) is 0 Å². The van der Waals surface area contributed by atoms with Crippen LogP contribution in [0.5, 0.6) is 0 Å². The summed E-state index contributed by atoms with van der Waals surface area (Å²) in [5.41, 5.74) is 0. The van der Waals surface area contributed by atoms with Crippen molar-refractivity contribution in [2.24, 2.45) is 0 Å². The molecule has 0 aliphatic carbocycles. The number of hydrogen-bond acceptors (Lipinski definition) is 4. The fourth-order valence-corrected chi connectivity index (χ4v) is 5.29. The molecule has 0 aliphatic rings. The Kier molecular flexibility index (Phi) is 35.9. The summed E-state index contributed by atoms with van der Waals surface area (Å²) in [6.45, 7) is 7.42. The molecule has 0 unspecified atom stereocenters. The molecule has 4 nitrogen and oxygen atoms in total. The Balaban J connectivity index is 3.13. The number of hydrogen-bond donors (Lipinski definition) is 0. The summed E-state index contributed by atoms with van der Waals surface area (Å²) in [7, 11) is 0. The zero-order valence-corrected chi connectivity index (χ0v) is 27.5. The Hall–Kier alpha value is -0.610. The third kappa shape index (κ3) is 35.4. The van der Waals surface area contributed by atoms with Crippen LogP contribution < -0.4 is 0 Å². The molecule has 0 aromatic carbocycles. The minimum absolute atomic E-state index is 0.0827. The monoisotopic (exact) mass is 569 g/mol. The second-order valence-corrected chi connectivity index (χ2v) is 12.0. The first-order valence-electron chi connectivity index (χ1n) is 18.1. The number of ether oxygens (including phenoxy) is 3. The van der Waals surface area contributed by atoms with E-state index in [1.165, 1.54) is 154 Å². The Morgan fingerprint density at radius 2 is 0.650 bits per heavy atom. The smallest absolute Gasteiger partial charge is 0.305 e. The molecule has 0 saturated carbocycles. The molecule has 240 valence electrons. The second-order valence-electron chi connectivity index (χ2n) is 12.0. The standard InChI is InChI=1S/C36H72O4/c1-3-5-7-9-11-13-15-17-19-21-23-25-27-29-31-38-32-33-39-34-35-40-36(37)30-28-26-24-22-20-18-16-14-12-10-8-6-4-2/h3-35H2,1-2H3. The van der Waals surface area contributed by atoms with Gasteiger partial charge in [0.25, 0.3) is 0 Å². The Morgan fingerprint density at radius 1 is 0.350 bits per heavy atom. The first-order valence-corrected chi connectivity index (χ1v) is 18.1. The molecule has 0 fully saturated rings. The molecule has 0 aromatic rings. The van der Waals surface area contributed by atoms with E-state index in [-0.39, 0.29) is 5.97 Å². The van der Waals surface area contributed by atoms with Gasteiger partial charge in [-0.2, -0.15) is 0 Å². The number of esters is 1. The van der Waals surface area contributed by atoms with Crippen LogP contribution in [0.2, 0.25) is 0 Å². The molecular weight excluding hydrogens is 496 g/mol. The zero-order chi connectivity index (χ0) is 29.0. The lowest BCUT2D eigenvalue weighted by atomic mass is 10.0. The highest BCUT2D eigenvalue weighted by atomic mass is 16.6. The molecule has 0 amide bonds. The van der Waals surface area contributed by atoms with Crippen LogP contribution in [-0.2, 0) is 19.0 Å². The highest BCUT2D eigenvalue weighted by Gasteiger charge is 2.03. The molecule has 0 N–H and O–H groups in total. The normalized spacial score (nSPS) is 11.3. The van der Waals surface area contributed by atoms with E-state index in [1.54, 1.807) is 0 Å². The summed E-state index contributed by atoms with van der Waals surface area (Å²) in [6.07, 6.45) is 37.0. The van der Waals surface area contributed by atoms with Crippen LogP contribution in [0.25, 0.3) is 0 Å². The van der Waals surface area contributed by atoms with E-state index < -0.39 is 0 Å². The van der Waals surface area contributed by atoms with Gasteiger partial charge in [0, 0.05) is 13.0 Å². The van der Waals surface area contributed by atoms with Crippen molar-refractivity contribution in [3.63, 3.8) is 0 Å². The van der Waals surface area contributed by atoms with Crippen LogP contribution in [0.1, 0.15) is 194 Å². The van der Waals surface area contributed by atoms with Crippen LogP contribution in [0.3, 0.4) is 0 Å². The van der Waals surface area contributed by atoms with E-state index >= 15 is 0 Å². The van der Waals surface area contributed by atoms with Gasteiger partial charge < -0.3 is 14.2 Å². The van der Waals surface area contributed by atoms with Gasteiger partial charge in [-0.25, -0.2) is 0 Å². The number of unbranched alkanes of at least 4 members (excludes halogenated alkanes) is 25. The van der Waals surface area contributed by atoms with Gasteiger partial charge >= 0.3 is 5.97 Å². The zero-order valence-electron chi connectivity index (χ0n) is 27.5. The molecule has 0 saturated heterocycles. The van der Waals surface area contributed by atoms with Crippen molar-refractivity contribution in [1.29, 1.82) is 0 Å². The van der Waals surface area contributed by atoms with Crippen LogP contribution >= 0.6 is 0 Å². The molecule has 4 heteroatoms. The molecule has 0 aromatic heterocycles. The van der Waals surface area contributed by atoms with E-state index in [2.05, 4.69) is 13.8 Å². The summed E-state index contributed by atoms with van der Waals surface area (Å²) >= 11 is 0. The van der Waals surface area contributed by atoms with E-state index in [4.69, 9.17) is 14.2 Å². The molecule has 0 rings (SSSR count). The maximum Gasteiger partial charge on any atom is 0.305 e. The quantitative estimate of drug-likeness (QED) is 0.0563. The number of carbonyl (C=O) groups excluding carboxylic acids is 1. The lowest BCUT2D eigenvalue weighted by molar-refractivity contribution is -0.145. The van der Waals surface area contributed by atoms with Crippen molar-refractivity contribution < 1.29 is 19.0 Å². The van der Waals surface area contributed by atoms with Gasteiger partial charge in [0.2, 0.25) is 0 Å². The highest BCUT2D eigenvalue weighted by Crippen LogP contribution is 2.14. The van der Waals surface area contributed by atoms with Gasteiger partial charge in [-0.05, 0) is 12.8 Å². The van der Waals surface area contributed by atoms with Gasteiger partial charge in [-0.15, -0.1) is 0 Å². The molecule has 0 bridgehead atoms. The van der Waals surface area contributed by atoms with E-state index in [1.807, 2.05) is 0 Å². The van der Waals surface area contributed by atoms with Gasteiger partial charge in [-0.1, -0.05) is 174 Å². The third-order valence-electron chi connectivity index (χ3n) is 7.99. The van der Waals surface area contributed by atoms with Gasteiger partial charge in [0.1, 0.15) is 6.61 Å². The summed E-state index contributed by atoms with van der Waals surface area (Å²) in [5.74, 6) is -0.0827. The molecule has 0 heterocycles. The maximum atomic E-state index is 11.8. The first-order chi connectivity index (χ1) is 19.8. The molecule has 0 aliphatic heterocycles. The highest BCUT2D eigenvalue weighted by molar-refractivity contribution is 5.69. The first kappa shape index (κ1) is 39.4. The fraction of sp³-hybridized carbons (Fsp3) is 0.972. The topological polar surface area (TPSA) is 44.8 Å². The fourth-order valence-electron chi connectivity index (χ4n) is 5.29. The average Bonchev–Trinajstić information content (AvgIpc) is 2.96. The molecule has 0 radical (unpaired) electrons. The van der Waals surface area contributed by atoms with E-state index in [0.29, 0.717) is 32.8 Å². The average molecular weight is 569 g/mol. The van der Waals surface area contributed by atoms with Crippen LogP contribution in [0.15, 0.2) is 0 Å². The molecule has 0 atom stereocenters. The second kappa shape index (κ2) is 36.4. The van der Waals surface area contributed by atoms with Crippen molar-refractivity contribution in [3.05, 3.63) is 0 Å². The summed E-state index contributed by atoms with van der Waals surface area (Å²) in [4.78, 5) is 11.8. The van der Waals surface area contributed by atoms with Gasteiger partial charge in [-0.3, -0.25) is 4.79 Å². The van der Waals surface area contributed by atoms with Gasteiger partial charge in [0.15, 0.2) is 0 Å². The lowest BCUT2D eigenvalue weighted by Gasteiger charge is -2.07. The van der Waals surface area contributed by atoms with Crippen molar-refractivity contribution in [2.45, 2.75) is 194 Å². The Bertz CT molecular complexity index is 468. The van der Waals surface area contributed by atoms with Crippen LogP contribution in [0.4, 0.5) is 0 Å². The number of rotatable bonds is 35. The van der Waals surface area contributed by atoms with Gasteiger partial charge in [0.05, 0.1) is 19.8 Å². The summed E-state index contributed by atoms with van der Waals surface area (Å²) < 4.78 is 16.5. The number of carbonyl (C=O) groups is 1. The third-order valence-corrected chi connectivity index (χ3v) is 7.99. The van der Waals surface area contributed by atoms with Crippen molar-refractivity contribution in [1.82, 2.24) is 0 Å². The van der Waals surface area contributed by atoms with Crippen LogP contribution in [-0.4, -0.2) is 39.0 Å². The largest absolute Gasteiger partial charge is 0.463 e. The van der Waals surface area contributed by atoms with Crippen molar-refractivity contribution in [2.75, 3.05) is 33.0 Å². The molecular formula is C36H72O4. The van der Waals surface area contributed by atoms with E-state index in [9.17, 15) is 4.79 Å². The maximum absolute atomic E-state index is 11.8. The van der Waals surface area contributed by atoms with Crippen LogP contribution in [0, 0.1) is 0 Å². The molecule has 40 heavy (non-hydrogen) atoms. The summed E-state index contributed by atoms with van der Waals surface area (Å²) in [5, 5.41) is 0. The van der Waals surface area contributed by atoms with Crippen molar-refractivity contribution >= 4 is 5.97 Å². The predicted octanol–water partition coefficient (Wildman–Crippen LogP) is 11.5. The minimum Gasteiger partial charge on any atom is -0.463 e. The van der Waals surface area contributed by atoms with E-state index in [0.717, 1.165) is 25.9 Å². The summed E-state index contributed by atoms with van der Waals surface area (Å²) in [6, 6.07) is 0. The predicted molar refractivity (Wildman–Crippen MR) is 173 cm³/mol.